The van der Waals surface area contributed by atoms with Crippen LogP contribution < -0.4 is 10.6 Å². The fourth-order valence-corrected chi connectivity index (χ4v) is 3.08. The van der Waals surface area contributed by atoms with Crippen molar-refractivity contribution in [2.75, 3.05) is 11.4 Å². The topological polar surface area (TPSA) is 42.1 Å². The van der Waals surface area contributed by atoms with E-state index >= 15 is 0 Å². The van der Waals surface area contributed by atoms with Crippen LogP contribution >= 0.6 is 0 Å². The fraction of sp³-hybridized carbons (Fsp3) is 0.615. The van der Waals surface area contributed by atoms with E-state index in [2.05, 4.69) is 22.0 Å². The molecule has 1 aromatic heterocycles. The number of fused-ring (bicyclic) bond motifs is 2. The van der Waals surface area contributed by atoms with Crippen molar-refractivity contribution < 1.29 is 0 Å². The molecule has 86 valence electrons. The first-order chi connectivity index (χ1) is 7.74. The number of aromatic nitrogens is 1. The molecular weight excluding hydrogens is 198 g/mol. The van der Waals surface area contributed by atoms with E-state index in [4.69, 9.17) is 5.73 Å². The predicted octanol–water partition coefficient (Wildman–Crippen LogP) is 2.09. The molecule has 3 rings (SSSR count). The standard InChI is InChI=1S/C13H19N3/c1-9(14)13-5-4-12(7-15-13)16-8-10-2-3-11(16)6-10/h4-5,7,9-11H,2-3,6,8,14H2,1H3. The van der Waals surface area contributed by atoms with Crippen LogP contribution in [0.3, 0.4) is 0 Å². The maximum Gasteiger partial charge on any atom is 0.0569 e. The van der Waals surface area contributed by atoms with E-state index in [-0.39, 0.29) is 6.04 Å². The van der Waals surface area contributed by atoms with E-state index in [9.17, 15) is 0 Å². The van der Waals surface area contributed by atoms with Gasteiger partial charge in [0.2, 0.25) is 0 Å². The lowest BCUT2D eigenvalue weighted by molar-refractivity contribution is 0.553. The number of nitrogens with zero attached hydrogens (tertiary/aromatic N) is 2. The van der Waals surface area contributed by atoms with Crippen LogP contribution in [0.2, 0.25) is 0 Å². The highest BCUT2D eigenvalue weighted by molar-refractivity contribution is 5.48. The lowest BCUT2D eigenvalue weighted by Gasteiger charge is -2.29. The Morgan fingerprint density at radius 1 is 1.44 bits per heavy atom. The Kier molecular flexibility index (Phi) is 2.36. The predicted molar refractivity (Wildman–Crippen MR) is 65.3 cm³/mol. The van der Waals surface area contributed by atoms with Crippen molar-refractivity contribution >= 4 is 5.69 Å². The number of rotatable bonds is 2. The zero-order valence-electron chi connectivity index (χ0n) is 9.76. The van der Waals surface area contributed by atoms with Crippen LogP contribution in [0, 0.1) is 5.92 Å². The molecule has 1 saturated carbocycles. The molecule has 0 amide bonds. The van der Waals surface area contributed by atoms with Crippen molar-refractivity contribution in [3.8, 4) is 0 Å². The van der Waals surface area contributed by atoms with E-state index in [0.29, 0.717) is 0 Å². The van der Waals surface area contributed by atoms with Gasteiger partial charge in [-0.05, 0) is 44.2 Å². The largest absolute Gasteiger partial charge is 0.367 e. The second kappa shape index (κ2) is 3.74. The highest BCUT2D eigenvalue weighted by atomic mass is 15.2. The normalized spacial score (nSPS) is 29.8. The first kappa shape index (κ1) is 10.1. The molecule has 1 aliphatic carbocycles. The van der Waals surface area contributed by atoms with Gasteiger partial charge in [-0.15, -0.1) is 0 Å². The van der Waals surface area contributed by atoms with Gasteiger partial charge in [-0.2, -0.15) is 0 Å². The van der Waals surface area contributed by atoms with Gasteiger partial charge in [0.1, 0.15) is 0 Å². The molecule has 3 heteroatoms. The molecule has 2 fully saturated rings. The van der Waals surface area contributed by atoms with Gasteiger partial charge in [0, 0.05) is 18.6 Å². The molecule has 0 spiro atoms. The maximum atomic E-state index is 5.80. The summed E-state index contributed by atoms with van der Waals surface area (Å²) in [6.07, 6.45) is 6.15. The molecule has 1 aromatic rings. The van der Waals surface area contributed by atoms with E-state index < -0.39 is 0 Å². The summed E-state index contributed by atoms with van der Waals surface area (Å²) < 4.78 is 0. The molecular formula is C13H19N3. The van der Waals surface area contributed by atoms with Crippen LogP contribution in [-0.2, 0) is 0 Å². The number of hydrogen-bond donors (Lipinski definition) is 1. The van der Waals surface area contributed by atoms with Gasteiger partial charge in [-0.25, -0.2) is 0 Å². The molecule has 2 heterocycles. The Morgan fingerprint density at radius 2 is 2.31 bits per heavy atom. The van der Waals surface area contributed by atoms with Crippen molar-refractivity contribution in [1.29, 1.82) is 0 Å². The first-order valence-electron chi connectivity index (χ1n) is 6.22. The highest BCUT2D eigenvalue weighted by Gasteiger charge is 2.37. The number of pyridine rings is 1. The quantitative estimate of drug-likeness (QED) is 0.824. The Balaban J connectivity index is 1.80. The van der Waals surface area contributed by atoms with Crippen LogP contribution in [0.1, 0.15) is 37.9 Å². The van der Waals surface area contributed by atoms with Crippen molar-refractivity contribution in [3.63, 3.8) is 0 Å². The lowest BCUT2D eigenvalue weighted by atomic mass is 10.1. The fourth-order valence-electron chi connectivity index (χ4n) is 3.08. The number of nitrogens with two attached hydrogens (primary N) is 1. The number of hydrogen-bond acceptors (Lipinski definition) is 3. The minimum absolute atomic E-state index is 0.0316. The maximum absolute atomic E-state index is 5.80. The molecule has 2 N–H and O–H groups in total. The van der Waals surface area contributed by atoms with E-state index in [0.717, 1.165) is 17.7 Å². The molecule has 16 heavy (non-hydrogen) atoms. The van der Waals surface area contributed by atoms with Crippen LogP contribution in [0.15, 0.2) is 18.3 Å². The molecule has 1 saturated heterocycles. The summed E-state index contributed by atoms with van der Waals surface area (Å²) in [6, 6.07) is 5.04. The molecule has 3 nitrogen and oxygen atoms in total. The zero-order valence-corrected chi connectivity index (χ0v) is 9.76. The van der Waals surface area contributed by atoms with Gasteiger partial charge in [-0.1, -0.05) is 0 Å². The van der Waals surface area contributed by atoms with Gasteiger partial charge >= 0.3 is 0 Å². The Bertz CT molecular complexity index is 371. The third kappa shape index (κ3) is 1.59. The summed E-state index contributed by atoms with van der Waals surface area (Å²) in [4.78, 5) is 6.96. The van der Waals surface area contributed by atoms with E-state index in [1.807, 2.05) is 13.1 Å². The Labute approximate surface area is 96.7 Å². The summed E-state index contributed by atoms with van der Waals surface area (Å²) in [5.41, 5.74) is 8.06. The molecule has 3 atom stereocenters. The van der Waals surface area contributed by atoms with Crippen molar-refractivity contribution in [3.05, 3.63) is 24.0 Å². The summed E-state index contributed by atoms with van der Waals surface area (Å²) >= 11 is 0. The van der Waals surface area contributed by atoms with Crippen LogP contribution in [0.4, 0.5) is 5.69 Å². The Hall–Kier alpha value is -1.09. The zero-order chi connectivity index (χ0) is 11.1. The minimum Gasteiger partial charge on any atom is -0.367 e. The molecule has 3 unspecified atom stereocenters. The summed E-state index contributed by atoms with van der Waals surface area (Å²) in [5, 5.41) is 0. The third-order valence-electron chi connectivity index (χ3n) is 3.98. The number of piperidine rings is 1. The SMILES string of the molecule is CC(N)c1ccc(N2CC3CCC2C3)cn1. The number of anilines is 1. The smallest absolute Gasteiger partial charge is 0.0569 e. The monoisotopic (exact) mass is 217 g/mol. The average molecular weight is 217 g/mol. The van der Waals surface area contributed by atoms with Gasteiger partial charge in [-0.3, -0.25) is 4.98 Å². The van der Waals surface area contributed by atoms with E-state index in [1.54, 1.807) is 0 Å². The molecule has 0 radical (unpaired) electrons. The molecule has 2 bridgehead atoms. The van der Waals surface area contributed by atoms with Crippen molar-refractivity contribution in [2.24, 2.45) is 11.7 Å². The van der Waals surface area contributed by atoms with Gasteiger partial charge in [0.05, 0.1) is 17.6 Å². The summed E-state index contributed by atoms with van der Waals surface area (Å²) in [5.74, 6) is 0.929. The minimum atomic E-state index is 0.0316. The second-order valence-corrected chi connectivity index (χ2v) is 5.22. The molecule has 2 aliphatic rings. The van der Waals surface area contributed by atoms with Crippen LogP contribution in [0.25, 0.3) is 0 Å². The van der Waals surface area contributed by atoms with Crippen molar-refractivity contribution in [1.82, 2.24) is 4.98 Å². The second-order valence-electron chi connectivity index (χ2n) is 5.22. The van der Waals surface area contributed by atoms with Crippen molar-refractivity contribution in [2.45, 2.75) is 38.3 Å². The van der Waals surface area contributed by atoms with Gasteiger partial charge in [0.25, 0.3) is 0 Å². The lowest BCUT2D eigenvalue weighted by Crippen LogP contribution is -2.31. The summed E-state index contributed by atoms with van der Waals surface area (Å²) in [6.45, 7) is 3.20. The molecule has 1 aliphatic heterocycles. The van der Waals surface area contributed by atoms with Crippen LogP contribution in [0.5, 0.6) is 0 Å². The van der Waals surface area contributed by atoms with Crippen LogP contribution in [-0.4, -0.2) is 17.6 Å². The summed E-state index contributed by atoms with van der Waals surface area (Å²) in [7, 11) is 0. The van der Waals surface area contributed by atoms with E-state index in [1.165, 1.54) is 31.5 Å². The molecule has 0 aromatic carbocycles. The Morgan fingerprint density at radius 3 is 2.81 bits per heavy atom. The van der Waals surface area contributed by atoms with Gasteiger partial charge in [0.15, 0.2) is 0 Å². The highest BCUT2D eigenvalue weighted by Crippen LogP contribution is 2.39. The average Bonchev–Trinajstić information content (AvgIpc) is 2.91. The third-order valence-corrected chi connectivity index (χ3v) is 3.98. The van der Waals surface area contributed by atoms with Gasteiger partial charge < -0.3 is 10.6 Å². The first-order valence-corrected chi connectivity index (χ1v) is 6.22.